The van der Waals surface area contributed by atoms with Gasteiger partial charge in [0.05, 0.1) is 5.02 Å². The number of anilines is 1. The lowest BCUT2D eigenvalue weighted by Gasteiger charge is -2.04. The number of hydrogen-bond donors (Lipinski definition) is 2. The van der Waals surface area contributed by atoms with Crippen LogP contribution >= 0.6 is 23.2 Å². The van der Waals surface area contributed by atoms with E-state index in [1.807, 2.05) is 5.32 Å². The number of imidazole rings is 1. The van der Waals surface area contributed by atoms with Crippen molar-refractivity contribution in [3.8, 4) is 11.4 Å². The van der Waals surface area contributed by atoms with Crippen LogP contribution in [0.4, 0.5) is 19.0 Å². The molecule has 0 bridgehead atoms. The Hall–Kier alpha value is -1.73. The molecule has 0 saturated heterocycles. The smallest absolute Gasteiger partial charge is 0.333 e. The van der Waals surface area contributed by atoms with E-state index in [4.69, 9.17) is 23.2 Å². The number of alkyl halides is 3. The van der Waals surface area contributed by atoms with Crippen LogP contribution in [-0.2, 0) is 11.0 Å². The van der Waals surface area contributed by atoms with Crippen molar-refractivity contribution in [1.29, 1.82) is 0 Å². The maximum absolute atomic E-state index is 12.8. The monoisotopic (exact) mass is 323 g/mol. The lowest BCUT2D eigenvalue weighted by molar-refractivity contribution is -0.140. The summed E-state index contributed by atoms with van der Waals surface area (Å²) in [4.78, 5) is 16.1. The van der Waals surface area contributed by atoms with E-state index in [1.54, 1.807) is 0 Å². The molecule has 1 amide bonds. The molecule has 2 N–H and O–H groups in total. The molecule has 0 aliphatic heterocycles. The van der Waals surface area contributed by atoms with Crippen LogP contribution < -0.4 is 5.32 Å². The zero-order chi connectivity index (χ0) is 14.9. The van der Waals surface area contributed by atoms with Crippen molar-refractivity contribution in [2.24, 2.45) is 0 Å². The molecular formula is C11H6Cl2F3N3O. The molecule has 0 spiro atoms. The largest absolute Gasteiger partial charge is 0.434 e. The molecule has 0 aliphatic carbocycles. The standard InChI is InChI=1S/C11H6Cl2F3N3O/c12-5-1-2-6(7(13)3-5)9-18-8(11(14,15)16)10(19-9)17-4-20/h1-4H,(H,17,20)(H,18,19). The fraction of sp³-hybridized carbons (Fsp3) is 0.0909. The van der Waals surface area contributed by atoms with Crippen LogP contribution in [0, 0.1) is 0 Å². The van der Waals surface area contributed by atoms with Crippen molar-refractivity contribution in [3.63, 3.8) is 0 Å². The Morgan fingerprint density at radius 3 is 2.55 bits per heavy atom. The summed E-state index contributed by atoms with van der Waals surface area (Å²) in [6, 6.07) is 4.26. The quantitative estimate of drug-likeness (QED) is 0.839. The highest BCUT2D eigenvalue weighted by Gasteiger charge is 2.37. The maximum Gasteiger partial charge on any atom is 0.434 e. The first kappa shape index (κ1) is 14.7. The number of halogens is 5. The van der Waals surface area contributed by atoms with Gasteiger partial charge in [-0.15, -0.1) is 0 Å². The minimum atomic E-state index is -4.69. The van der Waals surface area contributed by atoms with Crippen molar-refractivity contribution in [2.75, 3.05) is 5.32 Å². The van der Waals surface area contributed by atoms with E-state index >= 15 is 0 Å². The normalized spacial score (nSPS) is 11.4. The van der Waals surface area contributed by atoms with Crippen molar-refractivity contribution in [3.05, 3.63) is 33.9 Å². The molecule has 0 atom stereocenters. The molecular weight excluding hydrogens is 318 g/mol. The predicted octanol–water partition coefficient (Wildman–Crippen LogP) is 3.97. The number of aromatic amines is 1. The average Bonchev–Trinajstić information content (AvgIpc) is 2.73. The summed E-state index contributed by atoms with van der Waals surface area (Å²) in [6.45, 7) is 0. The van der Waals surface area contributed by atoms with Crippen molar-refractivity contribution in [1.82, 2.24) is 9.97 Å². The van der Waals surface area contributed by atoms with Gasteiger partial charge >= 0.3 is 6.18 Å². The van der Waals surface area contributed by atoms with Gasteiger partial charge in [0.15, 0.2) is 11.5 Å². The first-order valence-corrected chi connectivity index (χ1v) is 5.91. The van der Waals surface area contributed by atoms with Gasteiger partial charge in [0.1, 0.15) is 5.82 Å². The molecule has 0 fully saturated rings. The summed E-state index contributed by atoms with van der Waals surface area (Å²) in [6.07, 6.45) is -4.58. The highest BCUT2D eigenvalue weighted by molar-refractivity contribution is 6.36. The van der Waals surface area contributed by atoms with E-state index in [9.17, 15) is 18.0 Å². The second kappa shape index (κ2) is 5.34. The fourth-order valence-electron chi connectivity index (χ4n) is 1.55. The summed E-state index contributed by atoms with van der Waals surface area (Å²) in [7, 11) is 0. The Bertz CT molecular complexity index is 655. The zero-order valence-corrected chi connectivity index (χ0v) is 11.1. The number of carbonyl (C=O) groups is 1. The van der Waals surface area contributed by atoms with E-state index in [2.05, 4.69) is 9.97 Å². The summed E-state index contributed by atoms with van der Waals surface area (Å²) in [5.41, 5.74) is -0.925. The van der Waals surface area contributed by atoms with Crippen LogP contribution in [0.1, 0.15) is 5.69 Å². The molecule has 0 aliphatic rings. The second-order valence-corrected chi connectivity index (χ2v) is 4.54. The van der Waals surface area contributed by atoms with Gasteiger partial charge in [-0.2, -0.15) is 13.2 Å². The van der Waals surface area contributed by atoms with E-state index in [0.29, 0.717) is 5.02 Å². The molecule has 0 unspecified atom stereocenters. The molecule has 1 aromatic carbocycles. The highest BCUT2D eigenvalue weighted by atomic mass is 35.5. The zero-order valence-electron chi connectivity index (χ0n) is 9.55. The number of amides is 1. The Morgan fingerprint density at radius 2 is 2.00 bits per heavy atom. The van der Waals surface area contributed by atoms with Gasteiger partial charge in [-0.3, -0.25) is 4.79 Å². The minimum absolute atomic E-state index is 0.110. The molecule has 9 heteroatoms. The van der Waals surface area contributed by atoms with E-state index in [1.165, 1.54) is 18.2 Å². The molecule has 20 heavy (non-hydrogen) atoms. The molecule has 1 heterocycles. The minimum Gasteiger partial charge on any atom is -0.333 e. The number of hydrogen-bond acceptors (Lipinski definition) is 2. The first-order chi connectivity index (χ1) is 9.32. The first-order valence-electron chi connectivity index (χ1n) is 5.15. The maximum atomic E-state index is 12.8. The lowest BCUT2D eigenvalue weighted by Crippen LogP contribution is -2.09. The highest BCUT2D eigenvalue weighted by Crippen LogP contribution is 2.36. The van der Waals surface area contributed by atoms with Crippen LogP contribution in [-0.4, -0.2) is 16.4 Å². The summed E-state index contributed by atoms with van der Waals surface area (Å²) in [5.74, 6) is -0.739. The van der Waals surface area contributed by atoms with Gasteiger partial charge in [0.25, 0.3) is 0 Å². The lowest BCUT2D eigenvalue weighted by atomic mass is 10.2. The number of benzene rings is 1. The van der Waals surface area contributed by atoms with Gasteiger partial charge in [0.2, 0.25) is 6.41 Å². The summed E-state index contributed by atoms with van der Waals surface area (Å²) < 4.78 is 38.4. The number of H-pyrrole nitrogens is 1. The van der Waals surface area contributed by atoms with Gasteiger partial charge in [-0.25, -0.2) is 4.98 Å². The van der Waals surface area contributed by atoms with Crippen LogP contribution in [0.3, 0.4) is 0 Å². The number of rotatable bonds is 3. The van der Waals surface area contributed by atoms with E-state index in [0.717, 1.165) is 0 Å². The Kier molecular flexibility index (Phi) is 3.92. The van der Waals surface area contributed by atoms with Gasteiger partial charge < -0.3 is 10.3 Å². The molecule has 1 aromatic heterocycles. The van der Waals surface area contributed by atoms with Gasteiger partial charge in [-0.05, 0) is 18.2 Å². The molecule has 2 rings (SSSR count). The SMILES string of the molecule is O=CNc1nc(-c2ccc(Cl)cc2Cl)[nH]c1C(F)(F)F. The van der Waals surface area contributed by atoms with Crippen molar-refractivity contribution >= 4 is 35.4 Å². The van der Waals surface area contributed by atoms with Crippen LogP contribution in [0.15, 0.2) is 18.2 Å². The van der Waals surface area contributed by atoms with E-state index < -0.39 is 17.7 Å². The van der Waals surface area contributed by atoms with Crippen LogP contribution in [0.5, 0.6) is 0 Å². The third kappa shape index (κ3) is 2.88. The molecule has 106 valence electrons. The van der Waals surface area contributed by atoms with Crippen LogP contribution in [0.2, 0.25) is 10.0 Å². The Labute approximate surface area is 120 Å². The van der Waals surface area contributed by atoms with Crippen molar-refractivity contribution in [2.45, 2.75) is 6.18 Å². The number of nitrogens with one attached hydrogen (secondary N) is 2. The predicted molar refractivity (Wildman–Crippen MR) is 68.7 cm³/mol. The summed E-state index contributed by atoms with van der Waals surface area (Å²) >= 11 is 11.6. The Balaban J connectivity index is 2.55. The van der Waals surface area contributed by atoms with Crippen molar-refractivity contribution < 1.29 is 18.0 Å². The van der Waals surface area contributed by atoms with E-state index in [-0.39, 0.29) is 22.8 Å². The third-order valence-electron chi connectivity index (χ3n) is 2.37. The second-order valence-electron chi connectivity index (χ2n) is 3.69. The van der Waals surface area contributed by atoms with Gasteiger partial charge in [-0.1, -0.05) is 23.2 Å². The summed E-state index contributed by atoms with van der Waals surface area (Å²) in [5, 5.41) is 2.37. The molecule has 0 saturated carbocycles. The van der Waals surface area contributed by atoms with Gasteiger partial charge in [0, 0.05) is 10.6 Å². The third-order valence-corrected chi connectivity index (χ3v) is 2.92. The average molecular weight is 324 g/mol. The molecule has 4 nitrogen and oxygen atoms in total. The number of carbonyl (C=O) groups excluding carboxylic acids is 1. The fourth-order valence-corrected chi connectivity index (χ4v) is 2.05. The number of nitrogens with zero attached hydrogens (tertiary/aromatic N) is 1. The molecule has 2 aromatic rings. The molecule has 0 radical (unpaired) electrons. The van der Waals surface area contributed by atoms with Crippen LogP contribution in [0.25, 0.3) is 11.4 Å². The number of aromatic nitrogens is 2. The topological polar surface area (TPSA) is 57.8 Å². The Morgan fingerprint density at radius 1 is 1.30 bits per heavy atom.